The summed E-state index contributed by atoms with van der Waals surface area (Å²) < 4.78 is 0. The molecule has 0 fully saturated rings. The van der Waals surface area contributed by atoms with Gasteiger partial charge in [0, 0.05) is 0 Å². The first kappa shape index (κ1) is 7.66. The van der Waals surface area contributed by atoms with Crippen LogP contribution in [0.1, 0.15) is 16.3 Å². The Labute approximate surface area is 72.6 Å². The lowest BCUT2D eigenvalue weighted by atomic mass is 10.4. The van der Waals surface area contributed by atoms with Crippen LogP contribution in [0.15, 0.2) is 6.07 Å². The highest BCUT2D eigenvalue weighted by atomic mass is 16.4. The van der Waals surface area contributed by atoms with Crippen molar-refractivity contribution in [3.05, 3.63) is 17.6 Å². The van der Waals surface area contributed by atoms with Gasteiger partial charge in [0.2, 0.25) is 0 Å². The number of aromatic carboxylic acids is 1. The number of carbonyl (C=O) groups is 1. The zero-order valence-corrected chi connectivity index (χ0v) is 6.77. The number of nitrogens with one attached hydrogen (secondary N) is 1. The Bertz CT molecular complexity index is 476. The second-order valence-electron chi connectivity index (χ2n) is 2.58. The van der Waals surface area contributed by atoms with E-state index in [1.165, 1.54) is 6.07 Å². The third-order valence-corrected chi connectivity index (χ3v) is 1.58. The molecule has 2 rings (SSSR count). The second-order valence-corrected chi connectivity index (χ2v) is 2.58. The average Bonchev–Trinajstić information content (AvgIpc) is 2.46. The van der Waals surface area contributed by atoms with E-state index in [9.17, 15) is 4.79 Å². The predicted octanol–water partition coefficient (Wildman–Crippen LogP) is 0.360. The van der Waals surface area contributed by atoms with Gasteiger partial charge in [-0.2, -0.15) is 0 Å². The van der Waals surface area contributed by atoms with Crippen LogP contribution in [-0.2, 0) is 0 Å². The summed E-state index contributed by atoms with van der Waals surface area (Å²) in [5.74, 6) is -0.513. The standard InChI is InChI=1S/C7H6N4O2/c1-3-8-4-2-5(7(12)13)9-6(4)11-10-3/h2H,1H3,(H,9,11)(H,12,13). The molecule has 2 aromatic rings. The number of carboxylic acid groups (broad SMARTS) is 1. The van der Waals surface area contributed by atoms with E-state index in [1.807, 2.05) is 0 Å². The number of H-pyrrole nitrogens is 1. The molecule has 66 valence electrons. The lowest BCUT2D eigenvalue weighted by molar-refractivity contribution is 0.0691. The molecule has 0 saturated carbocycles. The Morgan fingerprint density at radius 2 is 2.31 bits per heavy atom. The van der Waals surface area contributed by atoms with Gasteiger partial charge in [-0.1, -0.05) is 0 Å². The van der Waals surface area contributed by atoms with Gasteiger partial charge < -0.3 is 10.1 Å². The molecule has 2 heterocycles. The minimum absolute atomic E-state index is 0.0717. The third-order valence-electron chi connectivity index (χ3n) is 1.58. The first-order valence-electron chi connectivity index (χ1n) is 3.60. The number of rotatable bonds is 1. The molecule has 0 aliphatic heterocycles. The zero-order valence-electron chi connectivity index (χ0n) is 6.77. The Morgan fingerprint density at radius 1 is 1.54 bits per heavy atom. The number of nitrogens with zero attached hydrogens (tertiary/aromatic N) is 3. The molecule has 0 spiro atoms. The van der Waals surface area contributed by atoms with Crippen LogP contribution < -0.4 is 0 Å². The number of carboxylic acids is 1. The third kappa shape index (κ3) is 1.22. The fraction of sp³-hybridized carbons (Fsp3) is 0.143. The Balaban J connectivity index is 2.68. The largest absolute Gasteiger partial charge is 0.477 e. The molecule has 6 nitrogen and oxygen atoms in total. The predicted molar refractivity (Wildman–Crippen MR) is 43.4 cm³/mol. The van der Waals surface area contributed by atoms with Crippen LogP contribution in [0, 0.1) is 6.92 Å². The van der Waals surface area contributed by atoms with E-state index in [0.717, 1.165) is 0 Å². The van der Waals surface area contributed by atoms with Crippen molar-refractivity contribution >= 4 is 17.1 Å². The van der Waals surface area contributed by atoms with Crippen molar-refractivity contribution in [1.82, 2.24) is 20.2 Å². The highest BCUT2D eigenvalue weighted by Gasteiger charge is 2.09. The second kappa shape index (κ2) is 2.51. The summed E-state index contributed by atoms with van der Waals surface area (Å²) in [6.45, 7) is 1.69. The molecule has 0 aromatic carbocycles. The van der Waals surface area contributed by atoms with E-state index in [1.54, 1.807) is 6.92 Å². The molecule has 2 aromatic heterocycles. The minimum Gasteiger partial charge on any atom is -0.477 e. The minimum atomic E-state index is -1.03. The smallest absolute Gasteiger partial charge is 0.352 e. The Hall–Kier alpha value is -1.98. The van der Waals surface area contributed by atoms with E-state index in [-0.39, 0.29) is 5.69 Å². The highest BCUT2D eigenvalue weighted by molar-refractivity contribution is 5.91. The maximum Gasteiger partial charge on any atom is 0.352 e. The van der Waals surface area contributed by atoms with Gasteiger partial charge in [0.1, 0.15) is 17.0 Å². The van der Waals surface area contributed by atoms with Crippen LogP contribution >= 0.6 is 0 Å². The monoisotopic (exact) mass is 178 g/mol. The van der Waals surface area contributed by atoms with Crippen LogP contribution in [0.4, 0.5) is 0 Å². The first-order chi connectivity index (χ1) is 6.16. The summed E-state index contributed by atoms with van der Waals surface area (Å²) in [5.41, 5.74) is 0.982. The summed E-state index contributed by atoms with van der Waals surface area (Å²) in [6, 6.07) is 1.43. The number of hydrogen-bond donors (Lipinski definition) is 2. The van der Waals surface area contributed by atoms with Crippen LogP contribution in [-0.4, -0.2) is 31.2 Å². The fourth-order valence-corrected chi connectivity index (χ4v) is 1.03. The number of fused-ring (bicyclic) bond motifs is 1. The van der Waals surface area contributed by atoms with Crippen molar-refractivity contribution in [1.29, 1.82) is 0 Å². The van der Waals surface area contributed by atoms with E-state index in [2.05, 4.69) is 20.2 Å². The van der Waals surface area contributed by atoms with Gasteiger partial charge in [-0.25, -0.2) is 9.78 Å². The molecule has 0 radical (unpaired) electrons. The highest BCUT2D eigenvalue weighted by Crippen LogP contribution is 2.09. The molecule has 2 N–H and O–H groups in total. The van der Waals surface area contributed by atoms with Crippen LogP contribution in [0.2, 0.25) is 0 Å². The number of hydrogen-bond acceptors (Lipinski definition) is 4. The topological polar surface area (TPSA) is 91.8 Å². The SMILES string of the molecule is Cc1nnc2[nH]c(C(=O)O)cc2n1. The zero-order chi connectivity index (χ0) is 9.42. The van der Waals surface area contributed by atoms with Gasteiger partial charge in [0.05, 0.1) is 0 Å². The van der Waals surface area contributed by atoms with Crippen LogP contribution in [0.25, 0.3) is 11.2 Å². The summed E-state index contributed by atoms with van der Waals surface area (Å²) in [6.07, 6.45) is 0. The van der Waals surface area contributed by atoms with Crippen molar-refractivity contribution in [2.24, 2.45) is 0 Å². The van der Waals surface area contributed by atoms with Gasteiger partial charge in [0.25, 0.3) is 0 Å². The van der Waals surface area contributed by atoms with Crippen molar-refractivity contribution in [2.45, 2.75) is 6.92 Å². The maximum absolute atomic E-state index is 10.5. The molecule has 0 aliphatic carbocycles. The van der Waals surface area contributed by atoms with E-state index in [4.69, 9.17) is 5.11 Å². The van der Waals surface area contributed by atoms with Gasteiger partial charge in [-0.05, 0) is 13.0 Å². The van der Waals surface area contributed by atoms with Gasteiger partial charge in [-0.3, -0.25) is 0 Å². The van der Waals surface area contributed by atoms with E-state index in [0.29, 0.717) is 17.0 Å². The van der Waals surface area contributed by atoms with E-state index >= 15 is 0 Å². The molecule has 0 bridgehead atoms. The van der Waals surface area contributed by atoms with Crippen molar-refractivity contribution in [2.75, 3.05) is 0 Å². The van der Waals surface area contributed by atoms with Crippen LogP contribution in [0.3, 0.4) is 0 Å². The van der Waals surface area contributed by atoms with Crippen molar-refractivity contribution in [3.8, 4) is 0 Å². The van der Waals surface area contributed by atoms with Crippen molar-refractivity contribution < 1.29 is 9.90 Å². The summed E-state index contributed by atoms with van der Waals surface area (Å²) in [4.78, 5) is 17.1. The fourth-order valence-electron chi connectivity index (χ4n) is 1.03. The average molecular weight is 178 g/mol. The molecular weight excluding hydrogens is 172 g/mol. The quantitative estimate of drug-likeness (QED) is 0.657. The first-order valence-corrected chi connectivity index (χ1v) is 3.60. The van der Waals surface area contributed by atoms with Crippen molar-refractivity contribution in [3.63, 3.8) is 0 Å². The van der Waals surface area contributed by atoms with Gasteiger partial charge >= 0.3 is 5.97 Å². The lowest BCUT2D eigenvalue weighted by Crippen LogP contribution is -1.95. The summed E-state index contributed by atoms with van der Waals surface area (Å²) in [5, 5.41) is 16.1. The molecule has 0 amide bonds. The molecule has 6 heteroatoms. The summed E-state index contributed by atoms with van der Waals surface area (Å²) in [7, 11) is 0. The molecule has 0 aliphatic rings. The van der Waals surface area contributed by atoms with Crippen LogP contribution in [0.5, 0.6) is 0 Å². The van der Waals surface area contributed by atoms with Gasteiger partial charge in [0.15, 0.2) is 5.65 Å². The summed E-state index contributed by atoms with van der Waals surface area (Å²) >= 11 is 0. The molecule has 13 heavy (non-hydrogen) atoms. The van der Waals surface area contributed by atoms with Gasteiger partial charge in [-0.15, -0.1) is 10.2 Å². The number of aromatic amines is 1. The Morgan fingerprint density at radius 3 is 3.00 bits per heavy atom. The maximum atomic E-state index is 10.5. The lowest BCUT2D eigenvalue weighted by Gasteiger charge is -1.87. The molecule has 0 atom stereocenters. The molecule has 0 unspecified atom stereocenters. The molecular formula is C7H6N4O2. The number of aryl methyl sites for hydroxylation is 1. The normalized spacial score (nSPS) is 10.5. The molecule has 0 saturated heterocycles. The van der Waals surface area contributed by atoms with E-state index < -0.39 is 5.97 Å². The number of aromatic nitrogens is 4. The Kier molecular flexibility index (Phi) is 1.48.